The van der Waals surface area contributed by atoms with Gasteiger partial charge in [-0.3, -0.25) is 0 Å². The van der Waals surface area contributed by atoms with E-state index in [1.165, 1.54) is 50.8 Å². The molecule has 27 heavy (non-hydrogen) atoms. The molecule has 0 radical (unpaired) electrons. The van der Waals surface area contributed by atoms with Crippen LogP contribution in [0.4, 0.5) is 0 Å². The van der Waals surface area contributed by atoms with Crippen LogP contribution in [0, 0.1) is 5.92 Å². The minimum absolute atomic E-state index is 0.389. The maximum atomic E-state index is 6.07. The summed E-state index contributed by atoms with van der Waals surface area (Å²) in [5.74, 6) is 2.43. The van der Waals surface area contributed by atoms with Gasteiger partial charge in [0.2, 0.25) is 0 Å². The van der Waals surface area contributed by atoms with Gasteiger partial charge in [-0.25, -0.2) is 0 Å². The average molecular weight is 366 g/mol. The molecular formula is C24H31NO2. The number of benzene rings is 2. The number of piperidine rings is 1. The highest BCUT2D eigenvalue weighted by molar-refractivity contribution is 5.31. The van der Waals surface area contributed by atoms with Crippen molar-refractivity contribution in [3.05, 3.63) is 60.2 Å². The molecule has 2 aromatic rings. The summed E-state index contributed by atoms with van der Waals surface area (Å²) in [5.41, 5.74) is 1.92. The Hall–Kier alpha value is -2.00. The van der Waals surface area contributed by atoms with Crippen LogP contribution in [0.2, 0.25) is 0 Å². The average Bonchev–Trinajstić information content (AvgIpc) is 2.70. The van der Waals surface area contributed by atoms with Crippen LogP contribution in [-0.4, -0.2) is 38.3 Å². The first-order chi connectivity index (χ1) is 13.3. The Balaban J connectivity index is 1.32. The zero-order valence-corrected chi connectivity index (χ0v) is 16.4. The molecule has 0 bridgehead atoms. The number of ether oxygens (including phenoxy) is 2. The van der Waals surface area contributed by atoms with Gasteiger partial charge >= 0.3 is 0 Å². The van der Waals surface area contributed by atoms with E-state index >= 15 is 0 Å². The van der Waals surface area contributed by atoms with Crippen LogP contribution in [0.5, 0.6) is 11.5 Å². The molecule has 1 aliphatic carbocycles. The van der Waals surface area contributed by atoms with Gasteiger partial charge < -0.3 is 14.4 Å². The molecule has 3 heteroatoms. The van der Waals surface area contributed by atoms with Gasteiger partial charge in [0, 0.05) is 24.4 Å². The first kappa shape index (κ1) is 18.4. The van der Waals surface area contributed by atoms with Crippen molar-refractivity contribution in [1.29, 1.82) is 0 Å². The summed E-state index contributed by atoms with van der Waals surface area (Å²) >= 11 is 0. The Kier molecular flexibility index (Phi) is 5.68. The largest absolute Gasteiger partial charge is 0.497 e. The van der Waals surface area contributed by atoms with Crippen LogP contribution in [-0.2, 0) is 5.41 Å². The Morgan fingerprint density at radius 3 is 2.37 bits per heavy atom. The zero-order chi connectivity index (χ0) is 18.5. The third-order valence-electron chi connectivity index (χ3n) is 6.37. The molecule has 0 spiro atoms. The van der Waals surface area contributed by atoms with E-state index in [1.807, 2.05) is 24.3 Å². The quantitative estimate of drug-likeness (QED) is 0.696. The van der Waals surface area contributed by atoms with Gasteiger partial charge in [-0.2, -0.15) is 0 Å². The first-order valence-electron chi connectivity index (χ1n) is 10.3. The summed E-state index contributed by atoms with van der Waals surface area (Å²) in [6.45, 7) is 4.40. The van der Waals surface area contributed by atoms with Gasteiger partial charge in [0.1, 0.15) is 11.5 Å². The molecule has 1 saturated carbocycles. The molecule has 1 unspecified atom stereocenters. The second-order valence-corrected chi connectivity index (χ2v) is 8.23. The SMILES string of the molecule is COc1ccc(OCC2CCCN(CC3(c4ccccc4)CCC3)C2)cc1. The molecule has 1 saturated heterocycles. The van der Waals surface area contributed by atoms with Crippen molar-refractivity contribution in [3.8, 4) is 11.5 Å². The molecule has 2 fully saturated rings. The van der Waals surface area contributed by atoms with Crippen molar-refractivity contribution < 1.29 is 9.47 Å². The molecule has 0 N–H and O–H groups in total. The van der Waals surface area contributed by atoms with Crippen LogP contribution >= 0.6 is 0 Å². The predicted molar refractivity (Wildman–Crippen MR) is 110 cm³/mol. The van der Waals surface area contributed by atoms with Crippen molar-refractivity contribution in [3.63, 3.8) is 0 Å². The first-order valence-corrected chi connectivity index (χ1v) is 10.3. The molecule has 144 valence electrons. The highest BCUT2D eigenvalue weighted by atomic mass is 16.5. The lowest BCUT2D eigenvalue weighted by atomic mass is 9.64. The smallest absolute Gasteiger partial charge is 0.119 e. The van der Waals surface area contributed by atoms with E-state index in [9.17, 15) is 0 Å². The lowest BCUT2D eigenvalue weighted by Gasteiger charge is -2.47. The highest BCUT2D eigenvalue weighted by Crippen LogP contribution is 2.44. The Morgan fingerprint density at radius 2 is 1.70 bits per heavy atom. The zero-order valence-electron chi connectivity index (χ0n) is 16.4. The third kappa shape index (κ3) is 4.30. The van der Waals surface area contributed by atoms with Gasteiger partial charge in [-0.05, 0) is 62.1 Å². The van der Waals surface area contributed by atoms with E-state index in [0.717, 1.165) is 24.7 Å². The number of hydrogen-bond acceptors (Lipinski definition) is 3. The molecule has 4 rings (SSSR count). The number of methoxy groups -OCH3 is 1. The number of hydrogen-bond donors (Lipinski definition) is 0. The monoisotopic (exact) mass is 365 g/mol. The summed E-state index contributed by atoms with van der Waals surface area (Å²) in [6.07, 6.45) is 6.58. The summed E-state index contributed by atoms with van der Waals surface area (Å²) in [4.78, 5) is 2.69. The van der Waals surface area contributed by atoms with Crippen molar-refractivity contribution >= 4 is 0 Å². The molecule has 2 aliphatic rings. The van der Waals surface area contributed by atoms with Gasteiger partial charge in [0.25, 0.3) is 0 Å². The molecule has 1 heterocycles. The fourth-order valence-corrected chi connectivity index (χ4v) is 4.68. The molecule has 1 aliphatic heterocycles. The van der Waals surface area contributed by atoms with Crippen molar-refractivity contribution in [2.45, 2.75) is 37.5 Å². The van der Waals surface area contributed by atoms with Crippen LogP contribution in [0.25, 0.3) is 0 Å². The standard InChI is InChI=1S/C24H31NO2/c1-26-22-10-12-23(13-11-22)27-18-20-7-5-16-25(17-20)19-24(14-6-15-24)21-8-3-2-4-9-21/h2-4,8-13,20H,5-7,14-19H2,1H3. The van der Waals surface area contributed by atoms with Crippen molar-refractivity contribution in [2.24, 2.45) is 5.92 Å². The fourth-order valence-electron chi connectivity index (χ4n) is 4.68. The van der Waals surface area contributed by atoms with Gasteiger partial charge in [0.05, 0.1) is 13.7 Å². The summed E-state index contributed by atoms with van der Waals surface area (Å²) in [5, 5.41) is 0. The lowest BCUT2D eigenvalue weighted by Crippen LogP contribution is -2.49. The van der Waals surface area contributed by atoms with Crippen LogP contribution in [0.3, 0.4) is 0 Å². The van der Waals surface area contributed by atoms with E-state index in [0.29, 0.717) is 11.3 Å². The molecule has 1 atom stereocenters. The maximum Gasteiger partial charge on any atom is 0.119 e. The van der Waals surface area contributed by atoms with Crippen LogP contribution < -0.4 is 9.47 Å². The topological polar surface area (TPSA) is 21.7 Å². The van der Waals surface area contributed by atoms with Crippen LogP contribution in [0.15, 0.2) is 54.6 Å². The Bertz CT molecular complexity index is 709. The molecule has 0 amide bonds. The van der Waals surface area contributed by atoms with E-state index in [4.69, 9.17) is 9.47 Å². The minimum atomic E-state index is 0.389. The van der Waals surface area contributed by atoms with E-state index in [2.05, 4.69) is 35.2 Å². The number of rotatable bonds is 7. The van der Waals surface area contributed by atoms with Crippen molar-refractivity contribution in [2.75, 3.05) is 33.4 Å². The van der Waals surface area contributed by atoms with E-state index < -0.39 is 0 Å². The second kappa shape index (κ2) is 8.35. The molecule has 0 aromatic heterocycles. The highest BCUT2D eigenvalue weighted by Gasteiger charge is 2.40. The predicted octanol–water partition coefficient (Wildman–Crippen LogP) is 4.91. The van der Waals surface area contributed by atoms with Gasteiger partial charge in [-0.15, -0.1) is 0 Å². The molecule has 3 nitrogen and oxygen atoms in total. The number of likely N-dealkylation sites (tertiary alicyclic amines) is 1. The Morgan fingerprint density at radius 1 is 0.963 bits per heavy atom. The van der Waals surface area contributed by atoms with Gasteiger partial charge in [0.15, 0.2) is 0 Å². The Labute approximate surface area is 163 Å². The lowest BCUT2D eigenvalue weighted by molar-refractivity contribution is 0.0816. The second-order valence-electron chi connectivity index (χ2n) is 8.23. The van der Waals surface area contributed by atoms with Crippen LogP contribution in [0.1, 0.15) is 37.7 Å². The third-order valence-corrected chi connectivity index (χ3v) is 6.37. The summed E-state index contributed by atoms with van der Waals surface area (Å²) < 4.78 is 11.3. The van der Waals surface area contributed by atoms with E-state index in [1.54, 1.807) is 7.11 Å². The van der Waals surface area contributed by atoms with Crippen molar-refractivity contribution in [1.82, 2.24) is 4.90 Å². The fraction of sp³-hybridized carbons (Fsp3) is 0.500. The summed E-state index contributed by atoms with van der Waals surface area (Å²) in [7, 11) is 1.69. The van der Waals surface area contributed by atoms with Gasteiger partial charge in [-0.1, -0.05) is 36.8 Å². The number of nitrogens with zero attached hydrogens (tertiary/aromatic N) is 1. The normalized spacial score (nSPS) is 22.0. The molecular weight excluding hydrogens is 334 g/mol. The van der Waals surface area contributed by atoms with E-state index in [-0.39, 0.29) is 0 Å². The maximum absolute atomic E-state index is 6.07. The summed E-state index contributed by atoms with van der Waals surface area (Å²) in [6, 6.07) is 19.1. The minimum Gasteiger partial charge on any atom is -0.497 e. The molecule has 2 aromatic carbocycles.